The highest BCUT2D eigenvalue weighted by atomic mass is 35.5. The van der Waals surface area contributed by atoms with Crippen LogP contribution in [0.15, 0.2) is 59.7 Å². The van der Waals surface area contributed by atoms with Crippen molar-refractivity contribution in [1.29, 1.82) is 0 Å². The van der Waals surface area contributed by atoms with Crippen molar-refractivity contribution in [3.63, 3.8) is 0 Å². The lowest BCUT2D eigenvalue weighted by Crippen LogP contribution is -2.44. The molecule has 1 aliphatic rings. The molecule has 0 aliphatic carbocycles. The number of carbonyl (C=O) groups excluding carboxylic acids is 2. The summed E-state index contributed by atoms with van der Waals surface area (Å²) in [5, 5.41) is 11.6. The number of rotatable bonds is 3. The van der Waals surface area contributed by atoms with Crippen molar-refractivity contribution in [2.45, 2.75) is 20.4 Å². The van der Waals surface area contributed by atoms with Crippen LogP contribution in [0.25, 0.3) is 0 Å². The lowest BCUT2D eigenvalue weighted by Gasteiger charge is -2.20. The number of urea groups is 1. The molecule has 6 nitrogen and oxygen atoms in total. The summed E-state index contributed by atoms with van der Waals surface area (Å²) in [6.45, 7) is 3.69. The molecular weight excluding hydrogens is 352 g/mol. The average Bonchev–Trinajstić information content (AvgIpc) is 2.81. The van der Waals surface area contributed by atoms with Crippen molar-refractivity contribution in [1.82, 2.24) is 10.3 Å². The number of hydrazone groups is 1. The Labute approximate surface area is 156 Å². The van der Waals surface area contributed by atoms with Gasteiger partial charge in [-0.15, -0.1) is 0 Å². The lowest BCUT2D eigenvalue weighted by molar-refractivity contribution is -0.135. The topological polar surface area (TPSA) is 73.8 Å². The molecule has 0 unspecified atom stereocenters. The first-order chi connectivity index (χ1) is 12.4. The zero-order chi connectivity index (χ0) is 18.7. The molecule has 3 amide bonds. The summed E-state index contributed by atoms with van der Waals surface area (Å²) in [4.78, 5) is 24.9. The number of hydrogen-bond acceptors (Lipinski definition) is 3. The van der Waals surface area contributed by atoms with Gasteiger partial charge >= 0.3 is 6.03 Å². The molecule has 2 N–H and O–H groups in total. The van der Waals surface area contributed by atoms with Gasteiger partial charge in [0.15, 0.2) is 0 Å². The molecule has 1 heterocycles. The summed E-state index contributed by atoms with van der Waals surface area (Å²) in [6, 6.07) is 15.9. The number of nitrogens with one attached hydrogen (secondary N) is 2. The minimum absolute atomic E-state index is 0.201. The summed E-state index contributed by atoms with van der Waals surface area (Å²) in [5.74, 6) is 0.0930. The molecule has 0 fully saturated rings. The summed E-state index contributed by atoms with van der Waals surface area (Å²) < 4.78 is 0. The SMILES string of the molecule is CC1(C)C(=O)N(Cc2ccccc2Cl)N=C1NC(=O)Nc1ccccc1. The van der Waals surface area contributed by atoms with Crippen molar-refractivity contribution in [2.24, 2.45) is 10.5 Å². The summed E-state index contributed by atoms with van der Waals surface area (Å²) in [6.07, 6.45) is 0. The molecule has 7 heteroatoms. The van der Waals surface area contributed by atoms with Gasteiger partial charge in [-0.05, 0) is 37.6 Å². The number of nitrogens with zero attached hydrogens (tertiary/aromatic N) is 2. The minimum Gasteiger partial charge on any atom is -0.308 e. The Morgan fingerprint density at radius 2 is 1.73 bits per heavy atom. The second-order valence-electron chi connectivity index (χ2n) is 6.47. The van der Waals surface area contributed by atoms with E-state index in [-0.39, 0.29) is 12.5 Å². The molecule has 0 saturated carbocycles. The molecule has 0 radical (unpaired) electrons. The highest BCUT2D eigenvalue weighted by Crippen LogP contribution is 2.29. The van der Waals surface area contributed by atoms with Gasteiger partial charge in [0, 0.05) is 10.7 Å². The van der Waals surface area contributed by atoms with E-state index in [0.717, 1.165) is 5.56 Å². The fraction of sp³-hybridized carbons (Fsp3) is 0.211. The standard InChI is InChI=1S/C19H19ClN4O2/c1-19(2)16(22-18(26)21-14-9-4-3-5-10-14)23-24(17(19)25)12-13-8-6-7-11-15(13)20/h3-11H,12H2,1-2H3,(H2,21,22,23,26). The number of amides is 3. The van der Waals surface area contributed by atoms with E-state index in [1.165, 1.54) is 5.01 Å². The monoisotopic (exact) mass is 370 g/mol. The maximum atomic E-state index is 12.7. The maximum absolute atomic E-state index is 12.7. The summed E-state index contributed by atoms with van der Waals surface area (Å²) in [7, 11) is 0. The van der Waals surface area contributed by atoms with Crippen LogP contribution in [0.3, 0.4) is 0 Å². The van der Waals surface area contributed by atoms with Gasteiger partial charge in [-0.2, -0.15) is 5.10 Å². The largest absolute Gasteiger partial charge is 0.324 e. The normalized spacial score (nSPS) is 15.6. The first-order valence-electron chi connectivity index (χ1n) is 8.15. The molecule has 26 heavy (non-hydrogen) atoms. The third-order valence-corrected chi connectivity index (χ3v) is 4.49. The van der Waals surface area contributed by atoms with E-state index >= 15 is 0 Å². The van der Waals surface area contributed by atoms with Crippen molar-refractivity contribution < 1.29 is 9.59 Å². The van der Waals surface area contributed by atoms with Crippen LogP contribution in [-0.4, -0.2) is 22.8 Å². The number of halogens is 1. The Hall–Kier alpha value is -2.86. The Morgan fingerprint density at radius 3 is 2.42 bits per heavy atom. The number of anilines is 1. The highest BCUT2D eigenvalue weighted by molar-refractivity contribution is 6.31. The van der Waals surface area contributed by atoms with Gasteiger partial charge in [0.25, 0.3) is 5.91 Å². The highest BCUT2D eigenvalue weighted by Gasteiger charge is 2.44. The van der Waals surface area contributed by atoms with E-state index in [9.17, 15) is 9.59 Å². The zero-order valence-electron chi connectivity index (χ0n) is 14.5. The number of hydrogen-bond donors (Lipinski definition) is 2. The third kappa shape index (κ3) is 3.70. The van der Waals surface area contributed by atoms with Gasteiger partial charge in [-0.1, -0.05) is 48.0 Å². The van der Waals surface area contributed by atoms with Crippen LogP contribution in [0.4, 0.5) is 10.5 Å². The third-order valence-electron chi connectivity index (χ3n) is 4.12. The van der Waals surface area contributed by atoms with Crippen LogP contribution in [0.5, 0.6) is 0 Å². The molecule has 0 bridgehead atoms. The van der Waals surface area contributed by atoms with Gasteiger partial charge < -0.3 is 5.32 Å². The van der Waals surface area contributed by atoms with Gasteiger partial charge in [0.1, 0.15) is 11.3 Å². The Morgan fingerprint density at radius 1 is 1.08 bits per heavy atom. The molecule has 0 spiro atoms. The van der Waals surface area contributed by atoms with Crippen molar-refractivity contribution in [3.8, 4) is 0 Å². The van der Waals surface area contributed by atoms with Crippen molar-refractivity contribution in [2.75, 3.05) is 5.32 Å². The van der Waals surface area contributed by atoms with E-state index < -0.39 is 11.4 Å². The van der Waals surface area contributed by atoms with Gasteiger partial charge in [-0.3, -0.25) is 10.1 Å². The Balaban J connectivity index is 1.74. The van der Waals surface area contributed by atoms with E-state index in [0.29, 0.717) is 16.5 Å². The smallest absolute Gasteiger partial charge is 0.308 e. The number of amidine groups is 1. The van der Waals surface area contributed by atoms with E-state index in [2.05, 4.69) is 15.7 Å². The summed E-state index contributed by atoms with van der Waals surface area (Å²) >= 11 is 6.17. The van der Waals surface area contributed by atoms with Crippen LogP contribution in [-0.2, 0) is 11.3 Å². The van der Waals surface area contributed by atoms with Gasteiger partial charge in [-0.25, -0.2) is 9.80 Å². The number of para-hydroxylation sites is 1. The molecule has 0 atom stereocenters. The molecular formula is C19H19ClN4O2. The predicted octanol–water partition coefficient (Wildman–Crippen LogP) is 3.84. The fourth-order valence-corrected chi connectivity index (χ4v) is 2.78. The van der Waals surface area contributed by atoms with Crippen LogP contribution in [0, 0.1) is 5.41 Å². The molecule has 0 aromatic heterocycles. The fourth-order valence-electron chi connectivity index (χ4n) is 2.58. The minimum atomic E-state index is -0.935. The first-order valence-corrected chi connectivity index (χ1v) is 8.53. The molecule has 1 aliphatic heterocycles. The Bertz CT molecular complexity index is 865. The lowest BCUT2D eigenvalue weighted by atomic mass is 9.91. The Kier molecular flexibility index (Phi) is 4.95. The van der Waals surface area contributed by atoms with Gasteiger partial charge in [0.2, 0.25) is 0 Å². The van der Waals surface area contributed by atoms with E-state index in [1.807, 2.05) is 36.4 Å². The van der Waals surface area contributed by atoms with Gasteiger partial charge in [0.05, 0.1) is 6.54 Å². The molecule has 0 saturated heterocycles. The molecule has 2 aromatic carbocycles. The maximum Gasteiger partial charge on any atom is 0.324 e. The second kappa shape index (κ2) is 7.17. The van der Waals surface area contributed by atoms with Crippen molar-refractivity contribution >= 4 is 35.1 Å². The quantitative estimate of drug-likeness (QED) is 0.861. The van der Waals surface area contributed by atoms with Crippen molar-refractivity contribution in [3.05, 3.63) is 65.2 Å². The molecule has 3 rings (SSSR count). The zero-order valence-corrected chi connectivity index (χ0v) is 15.2. The average molecular weight is 371 g/mol. The predicted molar refractivity (Wildman–Crippen MR) is 102 cm³/mol. The number of benzene rings is 2. The van der Waals surface area contributed by atoms with E-state index in [1.54, 1.807) is 32.0 Å². The summed E-state index contributed by atoms with van der Waals surface area (Å²) in [5.41, 5.74) is 0.507. The van der Waals surface area contributed by atoms with Crippen LogP contribution in [0.1, 0.15) is 19.4 Å². The molecule has 134 valence electrons. The number of carbonyl (C=O) groups is 2. The molecule has 2 aromatic rings. The van der Waals surface area contributed by atoms with Crippen LogP contribution in [0.2, 0.25) is 5.02 Å². The second-order valence-corrected chi connectivity index (χ2v) is 6.88. The van der Waals surface area contributed by atoms with Crippen LogP contribution < -0.4 is 10.6 Å². The van der Waals surface area contributed by atoms with E-state index in [4.69, 9.17) is 11.6 Å². The van der Waals surface area contributed by atoms with Crippen LogP contribution >= 0.6 is 11.6 Å². The first kappa shape index (κ1) is 17.9.